The summed E-state index contributed by atoms with van der Waals surface area (Å²) < 4.78 is 6.22. The van der Waals surface area contributed by atoms with Gasteiger partial charge in [-0.1, -0.05) is 0 Å². The minimum Gasteiger partial charge on any atom is -0.465 e. The number of benzene rings is 1. The second-order valence-electron chi connectivity index (χ2n) is 3.58. The maximum Gasteiger partial charge on any atom is 0.337 e. The van der Waals surface area contributed by atoms with Crippen LogP contribution >= 0.6 is 0 Å². The average molecular weight is 247 g/mol. The van der Waals surface area contributed by atoms with E-state index in [0.29, 0.717) is 24.4 Å². The van der Waals surface area contributed by atoms with E-state index in [0.717, 1.165) is 5.69 Å². The molecule has 0 saturated heterocycles. The van der Waals surface area contributed by atoms with Crippen LogP contribution in [0.3, 0.4) is 0 Å². The summed E-state index contributed by atoms with van der Waals surface area (Å²) in [7, 11) is 1.34. The zero-order chi connectivity index (χ0) is 13.0. The van der Waals surface area contributed by atoms with Crippen molar-refractivity contribution in [1.29, 1.82) is 0 Å². The van der Waals surface area contributed by atoms with Gasteiger partial charge < -0.3 is 10.5 Å². The largest absolute Gasteiger partial charge is 0.465 e. The maximum atomic E-state index is 11.3. The predicted molar refractivity (Wildman–Crippen MR) is 63.3 cm³/mol. The van der Waals surface area contributed by atoms with Crippen LogP contribution in [0.2, 0.25) is 0 Å². The highest BCUT2D eigenvalue weighted by Crippen LogP contribution is 2.10. The summed E-state index contributed by atoms with van der Waals surface area (Å²) in [6.45, 7) is 0.473. The van der Waals surface area contributed by atoms with Crippen molar-refractivity contribution in [3.05, 3.63) is 35.7 Å². The van der Waals surface area contributed by atoms with Crippen LogP contribution in [-0.2, 0) is 11.2 Å². The van der Waals surface area contributed by atoms with Crippen molar-refractivity contribution in [2.75, 3.05) is 13.7 Å². The van der Waals surface area contributed by atoms with Crippen LogP contribution in [0, 0.1) is 0 Å². The van der Waals surface area contributed by atoms with Crippen molar-refractivity contribution in [3.8, 4) is 5.69 Å². The molecule has 0 aliphatic rings. The lowest BCUT2D eigenvalue weighted by atomic mass is 10.2. The Balaban J connectivity index is 2.28. The molecule has 0 saturated carbocycles. The molecule has 0 bridgehead atoms. The van der Waals surface area contributed by atoms with Gasteiger partial charge in [0, 0.05) is 6.42 Å². The molecular formula is C11H13N5O2. The fraction of sp³-hybridized carbons (Fsp3) is 0.273. The Bertz CT molecular complexity index is 535. The molecule has 0 radical (unpaired) electrons. The lowest BCUT2D eigenvalue weighted by Gasteiger charge is -2.04. The number of hydrogen-bond acceptors (Lipinski definition) is 6. The smallest absolute Gasteiger partial charge is 0.337 e. The highest BCUT2D eigenvalue weighted by Gasteiger charge is 2.09. The van der Waals surface area contributed by atoms with Crippen molar-refractivity contribution >= 4 is 5.97 Å². The van der Waals surface area contributed by atoms with Gasteiger partial charge in [-0.15, -0.1) is 5.10 Å². The monoisotopic (exact) mass is 247 g/mol. The Morgan fingerprint density at radius 3 is 2.72 bits per heavy atom. The first-order valence-corrected chi connectivity index (χ1v) is 5.42. The molecule has 2 aromatic rings. The molecule has 0 aliphatic carbocycles. The number of carbonyl (C=O) groups excluding carboxylic acids is 1. The van der Waals surface area contributed by atoms with Crippen molar-refractivity contribution in [3.63, 3.8) is 0 Å². The van der Waals surface area contributed by atoms with Crippen molar-refractivity contribution in [1.82, 2.24) is 20.2 Å². The zero-order valence-electron chi connectivity index (χ0n) is 9.91. The van der Waals surface area contributed by atoms with E-state index in [2.05, 4.69) is 20.3 Å². The minimum atomic E-state index is -0.375. The van der Waals surface area contributed by atoms with E-state index in [1.807, 2.05) is 0 Å². The second kappa shape index (κ2) is 5.37. The summed E-state index contributed by atoms with van der Waals surface area (Å²) in [6, 6.07) is 6.83. The van der Waals surface area contributed by atoms with Gasteiger partial charge in [0.2, 0.25) is 0 Å². The summed E-state index contributed by atoms with van der Waals surface area (Å²) in [6.07, 6.45) is 0.589. The molecule has 94 valence electrons. The Morgan fingerprint density at radius 1 is 1.39 bits per heavy atom. The summed E-state index contributed by atoms with van der Waals surface area (Å²) in [5, 5.41) is 11.4. The standard InChI is InChI=1S/C11H13N5O2/c1-18-11(17)8-2-4-9(5-3-8)16-10(6-7-12)13-14-15-16/h2-5H,6-7,12H2,1H3. The first-order valence-electron chi connectivity index (χ1n) is 5.42. The van der Waals surface area contributed by atoms with Crippen LogP contribution in [0.15, 0.2) is 24.3 Å². The number of esters is 1. The van der Waals surface area contributed by atoms with Crippen LogP contribution in [0.1, 0.15) is 16.2 Å². The Labute approximate surface area is 104 Å². The summed E-state index contributed by atoms with van der Waals surface area (Å²) >= 11 is 0. The molecule has 0 fully saturated rings. The van der Waals surface area contributed by atoms with Gasteiger partial charge in [-0.3, -0.25) is 0 Å². The van der Waals surface area contributed by atoms with Crippen LogP contribution in [-0.4, -0.2) is 39.8 Å². The lowest BCUT2D eigenvalue weighted by molar-refractivity contribution is 0.0601. The number of rotatable bonds is 4. The third-order valence-electron chi connectivity index (χ3n) is 2.44. The molecule has 2 rings (SSSR count). The number of ether oxygens (including phenoxy) is 1. The Hall–Kier alpha value is -2.28. The molecule has 1 aromatic heterocycles. The van der Waals surface area contributed by atoms with E-state index in [-0.39, 0.29) is 5.97 Å². The first kappa shape index (κ1) is 12.2. The summed E-state index contributed by atoms with van der Waals surface area (Å²) in [5.74, 6) is 0.309. The van der Waals surface area contributed by atoms with Gasteiger partial charge in [0.25, 0.3) is 0 Å². The Morgan fingerprint density at radius 2 is 2.11 bits per heavy atom. The van der Waals surface area contributed by atoms with Crippen LogP contribution in [0.5, 0.6) is 0 Å². The van der Waals surface area contributed by atoms with E-state index in [9.17, 15) is 4.79 Å². The quantitative estimate of drug-likeness (QED) is 0.761. The third kappa shape index (κ3) is 2.35. The van der Waals surface area contributed by atoms with E-state index in [4.69, 9.17) is 5.73 Å². The molecule has 7 nitrogen and oxygen atoms in total. The number of nitrogens with two attached hydrogens (primary N) is 1. The number of methoxy groups -OCH3 is 1. The molecule has 1 aromatic carbocycles. The second-order valence-corrected chi connectivity index (χ2v) is 3.58. The molecule has 0 amide bonds. The van der Waals surface area contributed by atoms with Crippen LogP contribution < -0.4 is 5.73 Å². The molecule has 0 unspecified atom stereocenters. The van der Waals surface area contributed by atoms with Gasteiger partial charge in [-0.2, -0.15) is 4.68 Å². The molecule has 0 atom stereocenters. The third-order valence-corrected chi connectivity index (χ3v) is 2.44. The molecule has 0 spiro atoms. The van der Waals surface area contributed by atoms with Gasteiger partial charge in [0.05, 0.1) is 18.4 Å². The number of hydrogen-bond donors (Lipinski definition) is 1. The molecule has 0 aliphatic heterocycles. The average Bonchev–Trinajstić information content (AvgIpc) is 2.87. The van der Waals surface area contributed by atoms with Gasteiger partial charge in [-0.05, 0) is 41.2 Å². The summed E-state index contributed by atoms with van der Waals surface area (Å²) in [4.78, 5) is 11.3. The van der Waals surface area contributed by atoms with Gasteiger partial charge >= 0.3 is 5.97 Å². The SMILES string of the molecule is COC(=O)c1ccc(-n2nnnc2CCN)cc1. The molecule has 7 heteroatoms. The van der Waals surface area contributed by atoms with Crippen LogP contribution in [0.25, 0.3) is 5.69 Å². The van der Waals surface area contributed by atoms with Crippen molar-refractivity contribution < 1.29 is 9.53 Å². The molecular weight excluding hydrogens is 234 g/mol. The summed E-state index contributed by atoms with van der Waals surface area (Å²) in [5.41, 5.74) is 6.73. The highest BCUT2D eigenvalue weighted by molar-refractivity contribution is 5.89. The maximum absolute atomic E-state index is 11.3. The first-order chi connectivity index (χ1) is 8.76. The fourth-order valence-corrected chi connectivity index (χ4v) is 1.55. The van der Waals surface area contributed by atoms with E-state index < -0.39 is 0 Å². The number of nitrogens with zero attached hydrogens (tertiary/aromatic N) is 4. The minimum absolute atomic E-state index is 0.375. The normalized spacial score (nSPS) is 10.3. The Kier molecular flexibility index (Phi) is 3.63. The van der Waals surface area contributed by atoms with E-state index >= 15 is 0 Å². The van der Waals surface area contributed by atoms with Gasteiger partial charge in [-0.25, -0.2) is 4.79 Å². The lowest BCUT2D eigenvalue weighted by Crippen LogP contribution is -2.10. The van der Waals surface area contributed by atoms with E-state index in [1.165, 1.54) is 7.11 Å². The highest BCUT2D eigenvalue weighted by atomic mass is 16.5. The number of aromatic nitrogens is 4. The molecule has 18 heavy (non-hydrogen) atoms. The molecule has 2 N–H and O–H groups in total. The molecule has 1 heterocycles. The van der Waals surface area contributed by atoms with Crippen molar-refractivity contribution in [2.24, 2.45) is 5.73 Å². The van der Waals surface area contributed by atoms with Gasteiger partial charge in [0.15, 0.2) is 5.82 Å². The van der Waals surface area contributed by atoms with Crippen LogP contribution in [0.4, 0.5) is 0 Å². The number of carbonyl (C=O) groups is 1. The predicted octanol–water partition coefficient (Wildman–Crippen LogP) is -0.0499. The number of tetrazole rings is 1. The van der Waals surface area contributed by atoms with Gasteiger partial charge in [0.1, 0.15) is 0 Å². The van der Waals surface area contributed by atoms with Crippen molar-refractivity contribution in [2.45, 2.75) is 6.42 Å². The zero-order valence-corrected chi connectivity index (χ0v) is 9.91. The fourth-order valence-electron chi connectivity index (χ4n) is 1.55. The topological polar surface area (TPSA) is 95.9 Å². The van der Waals surface area contributed by atoms with E-state index in [1.54, 1.807) is 28.9 Å².